The normalized spacial score (nSPS) is 11.7. The number of hydrogen-bond acceptors (Lipinski definition) is 2. The molecule has 0 aliphatic carbocycles. The van der Waals surface area contributed by atoms with Gasteiger partial charge in [-0.25, -0.2) is 4.98 Å². The number of carbonyl (C=O) groups excluding carboxylic acids is 1. The predicted molar refractivity (Wildman–Crippen MR) is 33.8 cm³/mol. The third-order valence-corrected chi connectivity index (χ3v) is 1.26. The number of carbonyl (C=O) groups is 1. The maximum absolute atomic E-state index is 11.8. The lowest BCUT2D eigenvalue weighted by atomic mass is 10.5. The molecular weight excluding hydrogens is 197 g/mol. The molecule has 0 aliphatic heterocycles. The molecular formula is C5H2ClF3N2O. The number of nitrogens with zero attached hydrogens (tertiary/aromatic N) is 1. The van der Waals surface area contributed by atoms with Gasteiger partial charge in [0.25, 0.3) is 5.24 Å². The molecule has 0 bridgehead atoms. The monoisotopic (exact) mass is 198 g/mol. The number of aromatic nitrogens is 2. The topological polar surface area (TPSA) is 45.8 Å². The average Bonchev–Trinajstić information content (AvgIpc) is 2.30. The molecule has 0 atom stereocenters. The Bertz CT molecular complexity index is 306. The van der Waals surface area contributed by atoms with Crippen molar-refractivity contribution in [2.75, 3.05) is 0 Å². The number of halogens is 4. The summed E-state index contributed by atoms with van der Waals surface area (Å²) >= 11 is 4.89. The van der Waals surface area contributed by atoms with Crippen molar-refractivity contribution in [3.05, 3.63) is 17.7 Å². The molecule has 0 aromatic carbocycles. The lowest BCUT2D eigenvalue weighted by Gasteiger charge is -1.99. The Kier molecular flexibility index (Phi) is 2.10. The molecule has 0 aliphatic rings. The second-order valence-electron chi connectivity index (χ2n) is 1.92. The molecule has 0 unspecified atom stereocenters. The molecule has 0 radical (unpaired) electrons. The van der Waals surface area contributed by atoms with Crippen LogP contribution in [0.25, 0.3) is 0 Å². The van der Waals surface area contributed by atoms with Crippen molar-refractivity contribution in [1.29, 1.82) is 0 Å². The Labute approximate surface area is 69.6 Å². The molecule has 0 amide bonds. The van der Waals surface area contributed by atoms with E-state index in [1.54, 1.807) is 4.98 Å². The second kappa shape index (κ2) is 2.78. The first kappa shape index (κ1) is 9.05. The Morgan fingerprint density at radius 1 is 1.58 bits per heavy atom. The predicted octanol–water partition coefficient (Wildman–Crippen LogP) is 1.81. The number of aromatic amines is 1. The fourth-order valence-corrected chi connectivity index (χ4v) is 0.661. The molecule has 1 aromatic heterocycles. The van der Waals surface area contributed by atoms with Crippen molar-refractivity contribution in [3.8, 4) is 0 Å². The fraction of sp³-hybridized carbons (Fsp3) is 0.200. The van der Waals surface area contributed by atoms with E-state index in [9.17, 15) is 18.0 Å². The molecule has 7 heteroatoms. The molecule has 12 heavy (non-hydrogen) atoms. The van der Waals surface area contributed by atoms with E-state index in [1.165, 1.54) is 0 Å². The molecule has 0 fully saturated rings. The minimum atomic E-state index is -4.58. The van der Waals surface area contributed by atoms with Gasteiger partial charge in [-0.1, -0.05) is 0 Å². The van der Waals surface area contributed by atoms with Crippen molar-refractivity contribution in [2.45, 2.75) is 6.18 Å². The quantitative estimate of drug-likeness (QED) is 0.700. The van der Waals surface area contributed by atoms with Gasteiger partial charge in [0, 0.05) is 0 Å². The molecule has 1 aromatic rings. The summed E-state index contributed by atoms with van der Waals surface area (Å²) in [6.45, 7) is 0. The van der Waals surface area contributed by atoms with Crippen LogP contribution in [0.2, 0.25) is 0 Å². The number of alkyl halides is 3. The van der Waals surface area contributed by atoms with Crippen LogP contribution in [0, 0.1) is 0 Å². The highest BCUT2D eigenvalue weighted by molar-refractivity contribution is 6.67. The maximum atomic E-state index is 11.8. The van der Waals surface area contributed by atoms with Gasteiger partial charge < -0.3 is 4.98 Å². The van der Waals surface area contributed by atoms with Crippen LogP contribution >= 0.6 is 11.6 Å². The van der Waals surface area contributed by atoms with Crippen LogP contribution in [0.3, 0.4) is 0 Å². The average molecular weight is 199 g/mol. The molecule has 1 N–H and O–H groups in total. The third-order valence-electron chi connectivity index (χ3n) is 1.06. The van der Waals surface area contributed by atoms with Crippen molar-refractivity contribution in [2.24, 2.45) is 0 Å². The summed E-state index contributed by atoms with van der Waals surface area (Å²) < 4.78 is 35.4. The fourth-order valence-electron chi connectivity index (χ4n) is 0.565. The van der Waals surface area contributed by atoms with Crippen LogP contribution in [0.4, 0.5) is 13.2 Å². The lowest BCUT2D eigenvalue weighted by molar-refractivity contribution is -0.144. The minimum absolute atomic E-state index is 0.371. The second-order valence-corrected chi connectivity index (χ2v) is 2.26. The summed E-state index contributed by atoms with van der Waals surface area (Å²) in [5.41, 5.74) is -0.371. The molecule has 0 saturated heterocycles. The smallest absolute Gasteiger partial charge is 0.331 e. The van der Waals surface area contributed by atoms with Crippen molar-refractivity contribution in [3.63, 3.8) is 0 Å². The summed E-state index contributed by atoms with van der Waals surface area (Å²) in [5, 5.41) is -1.00. The lowest BCUT2D eigenvalue weighted by Crippen LogP contribution is -2.07. The van der Waals surface area contributed by atoms with Gasteiger partial charge in [-0.15, -0.1) is 0 Å². The number of nitrogens with one attached hydrogen (secondary N) is 1. The van der Waals surface area contributed by atoms with Gasteiger partial charge >= 0.3 is 6.18 Å². The van der Waals surface area contributed by atoms with E-state index in [-0.39, 0.29) is 5.69 Å². The van der Waals surface area contributed by atoms with Crippen LogP contribution in [-0.2, 0) is 6.18 Å². The van der Waals surface area contributed by atoms with Crippen molar-refractivity contribution >= 4 is 16.8 Å². The van der Waals surface area contributed by atoms with Gasteiger partial charge in [0.1, 0.15) is 5.69 Å². The standard InChI is InChI=1S/C5H2ClF3N2O/c6-3(12)2-1-10-4(11-2)5(7,8)9/h1H,(H,10,11). The summed E-state index contributed by atoms with van der Waals surface area (Å²) in [7, 11) is 0. The van der Waals surface area contributed by atoms with Gasteiger partial charge in [-0.2, -0.15) is 13.2 Å². The summed E-state index contributed by atoms with van der Waals surface area (Å²) in [6.07, 6.45) is -3.84. The van der Waals surface area contributed by atoms with E-state index in [1.807, 2.05) is 0 Å². The van der Waals surface area contributed by atoms with Crippen LogP contribution < -0.4 is 0 Å². The zero-order valence-electron chi connectivity index (χ0n) is 5.44. The first-order valence-electron chi connectivity index (χ1n) is 2.73. The van der Waals surface area contributed by atoms with Crippen molar-refractivity contribution < 1.29 is 18.0 Å². The van der Waals surface area contributed by atoms with Gasteiger partial charge in [0.05, 0.1) is 6.20 Å². The van der Waals surface area contributed by atoms with E-state index in [0.717, 1.165) is 6.20 Å². The first-order chi connectivity index (χ1) is 5.41. The van der Waals surface area contributed by atoms with E-state index < -0.39 is 17.2 Å². The highest BCUT2D eigenvalue weighted by Gasteiger charge is 2.34. The van der Waals surface area contributed by atoms with Crippen LogP contribution in [0.15, 0.2) is 6.20 Å². The zero-order chi connectivity index (χ0) is 9.35. The highest BCUT2D eigenvalue weighted by Crippen LogP contribution is 2.26. The van der Waals surface area contributed by atoms with E-state index in [2.05, 4.69) is 4.98 Å². The van der Waals surface area contributed by atoms with Crippen LogP contribution in [0.1, 0.15) is 16.3 Å². The molecule has 0 spiro atoms. The van der Waals surface area contributed by atoms with Gasteiger partial charge in [0.2, 0.25) is 5.82 Å². The molecule has 0 saturated carbocycles. The van der Waals surface area contributed by atoms with Crippen LogP contribution in [0.5, 0.6) is 0 Å². The number of rotatable bonds is 1. The van der Waals surface area contributed by atoms with Gasteiger partial charge in [-0.3, -0.25) is 4.79 Å². The molecule has 1 rings (SSSR count). The highest BCUT2D eigenvalue weighted by atomic mass is 35.5. The number of hydrogen-bond donors (Lipinski definition) is 1. The minimum Gasteiger partial charge on any atom is -0.331 e. The SMILES string of the molecule is O=C(Cl)c1cnc(C(F)(F)F)[nH]1. The van der Waals surface area contributed by atoms with E-state index in [0.29, 0.717) is 0 Å². The number of H-pyrrole nitrogens is 1. The molecule has 3 nitrogen and oxygen atoms in total. The molecule has 1 heterocycles. The largest absolute Gasteiger partial charge is 0.449 e. The zero-order valence-corrected chi connectivity index (χ0v) is 6.20. The number of imidazole rings is 1. The Hall–Kier alpha value is -1.04. The Morgan fingerprint density at radius 3 is 2.42 bits per heavy atom. The Morgan fingerprint density at radius 2 is 2.17 bits per heavy atom. The summed E-state index contributed by atoms with van der Waals surface area (Å²) in [5.74, 6) is -1.23. The van der Waals surface area contributed by atoms with Gasteiger partial charge in [-0.05, 0) is 11.6 Å². The van der Waals surface area contributed by atoms with E-state index >= 15 is 0 Å². The molecule has 66 valence electrons. The van der Waals surface area contributed by atoms with Gasteiger partial charge in [0.15, 0.2) is 0 Å². The first-order valence-corrected chi connectivity index (χ1v) is 3.11. The maximum Gasteiger partial charge on any atom is 0.449 e. The Balaban J connectivity index is 3.00. The summed E-state index contributed by atoms with van der Waals surface area (Å²) in [4.78, 5) is 15.0. The van der Waals surface area contributed by atoms with Crippen LogP contribution in [-0.4, -0.2) is 15.2 Å². The third kappa shape index (κ3) is 1.76. The van der Waals surface area contributed by atoms with E-state index in [4.69, 9.17) is 11.6 Å². The van der Waals surface area contributed by atoms with Crippen molar-refractivity contribution in [1.82, 2.24) is 9.97 Å². The summed E-state index contributed by atoms with van der Waals surface area (Å²) in [6, 6.07) is 0.